The Morgan fingerprint density at radius 3 is 1.11 bits per heavy atom. The van der Waals surface area contributed by atoms with Crippen molar-refractivity contribution in [3.8, 4) is 0 Å². The van der Waals surface area contributed by atoms with Crippen LogP contribution in [0.25, 0.3) is 24.3 Å². The van der Waals surface area contributed by atoms with E-state index < -0.39 is 0 Å². The Morgan fingerprint density at radius 1 is 0.421 bits per heavy atom. The highest BCUT2D eigenvalue weighted by Crippen LogP contribution is 2.32. The van der Waals surface area contributed by atoms with E-state index in [9.17, 15) is 9.59 Å². The SMILES string of the molecule is CCN(CC)c1ccc(/C=C2/CCC(=O)/C2=C\c2ccc(N(CC)CC)cc2)cc1.CN(C)c1ccc(/C=C2/CCC/C(=C\c3ccc(N(C)C)cc3)C2=O)cc1. The summed E-state index contributed by atoms with van der Waals surface area (Å²) in [5.74, 6) is 0.434. The average Bonchev–Trinajstić information content (AvgIpc) is 3.56. The molecule has 0 spiro atoms. The van der Waals surface area contributed by atoms with Crippen molar-refractivity contribution in [3.63, 3.8) is 0 Å². The minimum Gasteiger partial charge on any atom is -0.378 e. The number of hydrogen-bond acceptors (Lipinski definition) is 6. The van der Waals surface area contributed by atoms with Crippen molar-refractivity contribution in [1.82, 2.24) is 0 Å². The van der Waals surface area contributed by atoms with E-state index in [-0.39, 0.29) is 11.6 Å². The predicted octanol–water partition coefficient (Wildman–Crippen LogP) is 11.2. The van der Waals surface area contributed by atoms with Crippen molar-refractivity contribution in [1.29, 1.82) is 0 Å². The van der Waals surface area contributed by atoms with E-state index in [4.69, 9.17) is 0 Å². The van der Waals surface area contributed by atoms with Crippen LogP contribution in [0.2, 0.25) is 0 Å². The molecule has 2 aliphatic rings. The molecule has 298 valence electrons. The summed E-state index contributed by atoms with van der Waals surface area (Å²) in [6, 6.07) is 33.8. The quantitative estimate of drug-likeness (QED) is 0.134. The second-order valence-corrected chi connectivity index (χ2v) is 15.2. The molecule has 0 saturated heterocycles. The molecular weight excluding hydrogens is 701 g/mol. The number of rotatable bonds is 12. The Labute approximate surface area is 342 Å². The van der Waals surface area contributed by atoms with Crippen LogP contribution in [0.4, 0.5) is 22.7 Å². The molecule has 0 unspecified atom stereocenters. The van der Waals surface area contributed by atoms with Crippen LogP contribution in [0.1, 0.15) is 82.1 Å². The first-order chi connectivity index (χ1) is 27.5. The van der Waals surface area contributed by atoms with Gasteiger partial charge in [0.1, 0.15) is 0 Å². The number of Topliss-reactive ketones (excluding diaryl/α,β-unsaturated/α-hetero) is 2. The minimum atomic E-state index is 0.189. The van der Waals surface area contributed by atoms with Crippen LogP contribution in [0.3, 0.4) is 0 Å². The van der Waals surface area contributed by atoms with E-state index >= 15 is 0 Å². The summed E-state index contributed by atoms with van der Waals surface area (Å²) in [7, 11) is 8.11. The lowest BCUT2D eigenvalue weighted by molar-refractivity contribution is -0.114. The van der Waals surface area contributed by atoms with E-state index in [0.717, 1.165) is 108 Å². The monoisotopic (exact) mass is 762 g/mol. The summed E-state index contributed by atoms with van der Waals surface area (Å²) in [6.45, 7) is 12.7. The molecule has 2 saturated carbocycles. The molecule has 0 amide bonds. The van der Waals surface area contributed by atoms with Crippen LogP contribution >= 0.6 is 0 Å². The lowest BCUT2D eigenvalue weighted by atomic mass is 9.87. The third-order valence-electron chi connectivity index (χ3n) is 10.9. The average molecular weight is 763 g/mol. The molecule has 0 radical (unpaired) electrons. The molecule has 0 N–H and O–H groups in total. The lowest BCUT2D eigenvalue weighted by Crippen LogP contribution is -2.21. The second kappa shape index (κ2) is 20.5. The first-order valence-electron chi connectivity index (χ1n) is 20.7. The third kappa shape index (κ3) is 11.5. The van der Waals surface area contributed by atoms with Crippen molar-refractivity contribution in [2.45, 2.75) is 59.8 Å². The first kappa shape index (κ1) is 42.5. The molecule has 57 heavy (non-hydrogen) atoms. The maximum absolute atomic E-state index is 12.9. The highest BCUT2D eigenvalue weighted by atomic mass is 16.1. The molecule has 2 aliphatic carbocycles. The van der Waals surface area contributed by atoms with Gasteiger partial charge in [0.05, 0.1) is 0 Å². The van der Waals surface area contributed by atoms with Gasteiger partial charge in [0.25, 0.3) is 0 Å². The summed E-state index contributed by atoms with van der Waals surface area (Å²) in [5.41, 5.74) is 13.0. The van der Waals surface area contributed by atoms with Gasteiger partial charge in [-0.15, -0.1) is 0 Å². The summed E-state index contributed by atoms with van der Waals surface area (Å²) >= 11 is 0. The van der Waals surface area contributed by atoms with Crippen molar-refractivity contribution in [2.24, 2.45) is 0 Å². The highest BCUT2D eigenvalue weighted by molar-refractivity contribution is 6.14. The van der Waals surface area contributed by atoms with Crippen LogP contribution in [-0.4, -0.2) is 65.9 Å². The van der Waals surface area contributed by atoms with Crippen LogP contribution in [0, 0.1) is 0 Å². The fourth-order valence-electron chi connectivity index (χ4n) is 7.45. The summed E-state index contributed by atoms with van der Waals surface area (Å²) in [6.07, 6.45) is 12.5. The zero-order chi connectivity index (χ0) is 40.9. The second-order valence-electron chi connectivity index (χ2n) is 15.2. The molecule has 0 bridgehead atoms. The maximum Gasteiger partial charge on any atom is 0.185 e. The summed E-state index contributed by atoms with van der Waals surface area (Å²) in [4.78, 5) is 34.3. The Kier molecular flexibility index (Phi) is 15.3. The van der Waals surface area contributed by atoms with Gasteiger partial charge in [-0.3, -0.25) is 9.59 Å². The van der Waals surface area contributed by atoms with Crippen molar-refractivity contribution < 1.29 is 9.59 Å². The van der Waals surface area contributed by atoms with Crippen molar-refractivity contribution in [3.05, 3.63) is 142 Å². The fourth-order valence-corrected chi connectivity index (χ4v) is 7.45. The van der Waals surface area contributed by atoms with E-state index in [2.05, 4.69) is 157 Å². The van der Waals surface area contributed by atoms with Gasteiger partial charge in [0.2, 0.25) is 0 Å². The highest BCUT2D eigenvalue weighted by Gasteiger charge is 2.23. The zero-order valence-corrected chi connectivity index (χ0v) is 35.5. The molecular formula is C51H62N4O2. The number of nitrogens with zero attached hydrogens (tertiary/aromatic N) is 4. The van der Waals surface area contributed by atoms with Gasteiger partial charge in [-0.2, -0.15) is 0 Å². The number of ketones is 2. The maximum atomic E-state index is 12.9. The largest absolute Gasteiger partial charge is 0.378 e. The van der Waals surface area contributed by atoms with Crippen LogP contribution < -0.4 is 19.6 Å². The van der Waals surface area contributed by atoms with E-state index in [1.807, 2.05) is 40.3 Å². The summed E-state index contributed by atoms with van der Waals surface area (Å²) < 4.78 is 0. The van der Waals surface area contributed by atoms with E-state index in [0.29, 0.717) is 6.42 Å². The van der Waals surface area contributed by atoms with Gasteiger partial charge in [-0.05, 0) is 148 Å². The predicted molar refractivity (Wildman–Crippen MR) is 247 cm³/mol. The first-order valence-corrected chi connectivity index (χ1v) is 20.7. The van der Waals surface area contributed by atoms with Gasteiger partial charge < -0.3 is 19.6 Å². The Bertz CT molecular complexity index is 1990. The molecule has 4 aromatic rings. The standard InChI is InChI=1S/C27H34N2O.C24H28N2O/c1-5-28(6-2)24-14-9-21(10-15-24)19-23-13-18-27(30)26(23)20-22-11-16-25(17-12-22)29(7-3)8-4;1-25(2)22-12-8-18(9-13-22)16-20-6-5-7-21(24(20)27)17-19-10-14-23(15-11-19)26(3)4/h9-12,14-17,19-20H,5-8,13,18H2,1-4H3;8-17H,5-7H2,1-4H3/b23-19-,26-20-;20-16-,21-17+. The van der Waals surface area contributed by atoms with Gasteiger partial charge in [-0.25, -0.2) is 0 Å². The fraction of sp³-hybridized carbons (Fsp3) is 0.333. The molecule has 6 nitrogen and oxygen atoms in total. The van der Waals surface area contributed by atoms with Gasteiger partial charge in [0.15, 0.2) is 11.6 Å². The Hall–Kier alpha value is -5.62. The topological polar surface area (TPSA) is 47.1 Å². The van der Waals surface area contributed by atoms with E-state index in [1.54, 1.807) is 0 Å². The molecule has 6 rings (SSSR count). The van der Waals surface area contributed by atoms with Gasteiger partial charge in [-0.1, -0.05) is 54.6 Å². The van der Waals surface area contributed by atoms with Crippen LogP contribution in [0.15, 0.2) is 119 Å². The Balaban J connectivity index is 0.000000219. The van der Waals surface area contributed by atoms with Gasteiger partial charge >= 0.3 is 0 Å². The normalized spacial score (nSPS) is 16.9. The molecule has 4 aromatic carbocycles. The minimum absolute atomic E-state index is 0.189. The molecule has 6 heteroatoms. The molecule has 2 fully saturated rings. The number of carbonyl (C=O) groups is 2. The molecule has 0 aliphatic heterocycles. The van der Waals surface area contributed by atoms with E-state index in [1.165, 1.54) is 11.4 Å². The van der Waals surface area contributed by atoms with Crippen molar-refractivity contribution in [2.75, 3.05) is 74.0 Å². The molecule has 0 atom stereocenters. The number of hydrogen-bond donors (Lipinski definition) is 0. The van der Waals surface area contributed by atoms with Crippen molar-refractivity contribution >= 4 is 58.6 Å². The lowest BCUT2D eigenvalue weighted by Gasteiger charge is -2.21. The number of allylic oxidation sites excluding steroid dienone is 4. The summed E-state index contributed by atoms with van der Waals surface area (Å²) in [5, 5.41) is 0. The third-order valence-corrected chi connectivity index (χ3v) is 10.9. The van der Waals surface area contributed by atoms with Crippen LogP contribution in [0.5, 0.6) is 0 Å². The smallest absolute Gasteiger partial charge is 0.185 e. The van der Waals surface area contributed by atoms with Gasteiger partial charge in [0, 0.05) is 100 Å². The number of carbonyl (C=O) groups excluding carboxylic acids is 2. The number of anilines is 4. The van der Waals surface area contributed by atoms with Crippen LogP contribution in [-0.2, 0) is 9.59 Å². The number of benzene rings is 4. The Morgan fingerprint density at radius 2 is 0.754 bits per heavy atom. The zero-order valence-electron chi connectivity index (χ0n) is 35.5. The molecule has 0 heterocycles. The molecule has 0 aromatic heterocycles.